The van der Waals surface area contributed by atoms with Gasteiger partial charge in [0.25, 0.3) is 0 Å². The van der Waals surface area contributed by atoms with Crippen molar-refractivity contribution < 1.29 is 15.1 Å². The number of anilines is 1. The third kappa shape index (κ3) is 1.33. The monoisotopic (exact) mass is 184 g/mol. The number of nitrogens with two attached hydrogens (primary N) is 1. The van der Waals surface area contributed by atoms with Crippen LogP contribution in [-0.4, -0.2) is 15.1 Å². The molecule has 0 heterocycles. The van der Waals surface area contributed by atoms with Crippen LogP contribution in [0.3, 0.4) is 0 Å². The molecule has 0 aromatic heterocycles. The minimum Gasteiger partial charge on any atom is -0.504 e. The molecular weight excluding hydrogens is 176 g/mol. The molecule has 1 rings (SSSR count). The van der Waals surface area contributed by atoms with Crippen LogP contribution in [0.25, 0.3) is 0 Å². The van der Waals surface area contributed by atoms with Crippen LogP contribution in [0.4, 0.5) is 11.4 Å². The summed E-state index contributed by atoms with van der Waals surface area (Å²) in [7, 11) is 0. The zero-order valence-electron chi connectivity index (χ0n) is 6.81. The van der Waals surface area contributed by atoms with Gasteiger partial charge in [0.1, 0.15) is 0 Å². The first kappa shape index (κ1) is 9.11. The molecule has 0 amide bonds. The van der Waals surface area contributed by atoms with Gasteiger partial charge in [-0.1, -0.05) is 0 Å². The molecule has 0 spiro atoms. The highest BCUT2D eigenvalue weighted by Gasteiger charge is 2.22. The highest BCUT2D eigenvalue weighted by atomic mass is 16.6. The Morgan fingerprint density at radius 2 is 2.08 bits per heavy atom. The number of hydrogen-bond donors (Lipinski definition) is 3. The Balaban J connectivity index is 3.56. The molecule has 1 aromatic carbocycles. The van der Waals surface area contributed by atoms with E-state index in [9.17, 15) is 10.1 Å². The zero-order valence-corrected chi connectivity index (χ0v) is 6.81. The van der Waals surface area contributed by atoms with Crippen LogP contribution in [-0.2, 0) is 0 Å². The summed E-state index contributed by atoms with van der Waals surface area (Å²) in [6.07, 6.45) is 0. The summed E-state index contributed by atoms with van der Waals surface area (Å²) in [5.74, 6) is -1.34. The normalized spacial score (nSPS) is 9.92. The lowest BCUT2D eigenvalue weighted by Crippen LogP contribution is -1.97. The van der Waals surface area contributed by atoms with Crippen molar-refractivity contribution in [1.82, 2.24) is 0 Å². The molecule has 13 heavy (non-hydrogen) atoms. The number of phenols is 2. The van der Waals surface area contributed by atoms with Gasteiger partial charge >= 0.3 is 5.69 Å². The van der Waals surface area contributed by atoms with E-state index in [0.717, 1.165) is 6.07 Å². The maximum absolute atomic E-state index is 10.4. The smallest absolute Gasteiger partial charge is 0.319 e. The van der Waals surface area contributed by atoms with Gasteiger partial charge in [-0.2, -0.15) is 0 Å². The minimum absolute atomic E-state index is 0.0713. The van der Waals surface area contributed by atoms with Gasteiger partial charge in [0.2, 0.25) is 5.75 Å². The van der Waals surface area contributed by atoms with Crippen LogP contribution in [0.15, 0.2) is 6.07 Å². The summed E-state index contributed by atoms with van der Waals surface area (Å²) in [5.41, 5.74) is 5.01. The largest absolute Gasteiger partial charge is 0.504 e. The van der Waals surface area contributed by atoms with Gasteiger partial charge in [0.05, 0.1) is 10.5 Å². The Kier molecular flexibility index (Phi) is 1.97. The molecule has 0 unspecified atom stereocenters. The number of aromatic hydroxyl groups is 2. The minimum atomic E-state index is -0.791. The summed E-state index contributed by atoms with van der Waals surface area (Å²) in [6, 6.07) is 1.07. The number of hydrogen-bond acceptors (Lipinski definition) is 5. The number of nitro benzene ring substituents is 1. The first-order valence-corrected chi connectivity index (χ1v) is 3.40. The van der Waals surface area contributed by atoms with Crippen molar-refractivity contribution in [3.63, 3.8) is 0 Å². The molecule has 0 saturated carbocycles. The van der Waals surface area contributed by atoms with Crippen molar-refractivity contribution in [2.24, 2.45) is 0 Å². The van der Waals surface area contributed by atoms with Crippen LogP contribution in [0.1, 0.15) is 5.56 Å². The van der Waals surface area contributed by atoms with Gasteiger partial charge in [-0.25, -0.2) is 0 Å². The Bertz CT molecular complexity index is 349. The van der Waals surface area contributed by atoms with E-state index in [1.54, 1.807) is 0 Å². The number of benzene rings is 1. The predicted molar refractivity (Wildman–Crippen MR) is 45.6 cm³/mol. The van der Waals surface area contributed by atoms with Crippen LogP contribution in [0.2, 0.25) is 0 Å². The van der Waals surface area contributed by atoms with Gasteiger partial charge < -0.3 is 15.9 Å². The average Bonchev–Trinajstić information content (AvgIpc) is 2.01. The van der Waals surface area contributed by atoms with Gasteiger partial charge in [-0.05, 0) is 6.92 Å². The van der Waals surface area contributed by atoms with Gasteiger partial charge in [-0.15, -0.1) is 0 Å². The molecule has 70 valence electrons. The molecule has 6 heteroatoms. The molecule has 0 aliphatic carbocycles. The van der Waals surface area contributed by atoms with E-state index in [4.69, 9.17) is 15.9 Å². The SMILES string of the molecule is Cc1c(N)cc(O)c(O)c1[N+](=O)[O-]. The maximum atomic E-state index is 10.4. The van der Waals surface area contributed by atoms with Crippen LogP contribution in [0, 0.1) is 17.0 Å². The lowest BCUT2D eigenvalue weighted by atomic mass is 10.1. The highest BCUT2D eigenvalue weighted by molar-refractivity contribution is 5.68. The summed E-state index contributed by atoms with van der Waals surface area (Å²) in [6.45, 7) is 1.40. The number of phenolic OH excluding ortho intramolecular Hbond substituents is 2. The Morgan fingerprint density at radius 1 is 1.54 bits per heavy atom. The summed E-state index contributed by atoms with van der Waals surface area (Å²) in [5, 5.41) is 28.6. The van der Waals surface area contributed by atoms with E-state index in [1.807, 2.05) is 0 Å². The van der Waals surface area contributed by atoms with Crippen molar-refractivity contribution in [1.29, 1.82) is 0 Å². The van der Waals surface area contributed by atoms with Crippen molar-refractivity contribution in [2.75, 3.05) is 5.73 Å². The molecule has 0 aliphatic rings. The molecule has 0 saturated heterocycles. The molecule has 0 radical (unpaired) electrons. The molecule has 1 aromatic rings. The Morgan fingerprint density at radius 3 is 2.54 bits per heavy atom. The van der Waals surface area contributed by atoms with Crippen LogP contribution < -0.4 is 5.73 Å². The first-order valence-electron chi connectivity index (χ1n) is 3.40. The zero-order chi connectivity index (χ0) is 10.2. The van der Waals surface area contributed by atoms with Crippen LogP contribution >= 0.6 is 0 Å². The molecular formula is C7H8N2O4. The summed E-state index contributed by atoms with van der Waals surface area (Å²) >= 11 is 0. The van der Waals surface area contributed by atoms with Crippen LogP contribution in [0.5, 0.6) is 11.5 Å². The van der Waals surface area contributed by atoms with Gasteiger partial charge in [0, 0.05) is 11.8 Å². The molecule has 6 nitrogen and oxygen atoms in total. The number of nitro groups is 1. The molecule has 0 fully saturated rings. The predicted octanol–water partition coefficient (Wildman–Crippen LogP) is 0.897. The second kappa shape index (κ2) is 2.81. The van der Waals surface area contributed by atoms with Crippen molar-refractivity contribution in [2.45, 2.75) is 6.92 Å². The fraction of sp³-hybridized carbons (Fsp3) is 0.143. The van der Waals surface area contributed by atoms with E-state index in [-0.39, 0.29) is 11.3 Å². The lowest BCUT2D eigenvalue weighted by molar-refractivity contribution is -0.386. The third-order valence-corrected chi connectivity index (χ3v) is 1.73. The molecule has 0 atom stereocenters. The number of nitrogens with zero attached hydrogens (tertiary/aromatic N) is 1. The van der Waals surface area contributed by atoms with E-state index in [0.29, 0.717) is 0 Å². The lowest BCUT2D eigenvalue weighted by Gasteiger charge is -2.04. The van der Waals surface area contributed by atoms with E-state index in [1.165, 1.54) is 6.92 Å². The second-order valence-electron chi connectivity index (χ2n) is 2.56. The van der Waals surface area contributed by atoms with Gasteiger partial charge in [-0.3, -0.25) is 10.1 Å². The second-order valence-corrected chi connectivity index (χ2v) is 2.56. The van der Waals surface area contributed by atoms with E-state index < -0.39 is 22.1 Å². The average molecular weight is 184 g/mol. The molecule has 0 aliphatic heterocycles. The van der Waals surface area contributed by atoms with Gasteiger partial charge in [0.15, 0.2) is 5.75 Å². The maximum Gasteiger partial charge on any atom is 0.319 e. The fourth-order valence-electron chi connectivity index (χ4n) is 0.983. The summed E-state index contributed by atoms with van der Waals surface area (Å²) in [4.78, 5) is 9.64. The van der Waals surface area contributed by atoms with E-state index >= 15 is 0 Å². The van der Waals surface area contributed by atoms with Crippen molar-refractivity contribution >= 4 is 11.4 Å². The number of rotatable bonds is 1. The topological polar surface area (TPSA) is 110 Å². The first-order chi connectivity index (χ1) is 5.95. The Hall–Kier alpha value is -1.98. The summed E-state index contributed by atoms with van der Waals surface area (Å²) < 4.78 is 0. The highest BCUT2D eigenvalue weighted by Crippen LogP contribution is 2.40. The quantitative estimate of drug-likeness (QED) is 0.197. The standard InChI is InChI=1S/C7H8N2O4/c1-3-4(8)2-5(10)7(11)6(3)9(12)13/h2,10-11H,8H2,1H3. The molecule has 4 N–H and O–H groups in total. The Labute approximate surface area is 73.4 Å². The fourth-order valence-corrected chi connectivity index (χ4v) is 0.983. The van der Waals surface area contributed by atoms with E-state index in [2.05, 4.69) is 0 Å². The van der Waals surface area contributed by atoms with Crippen molar-refractivity contribution in [3.05, 3.63) is 21.7 Å². The van der Waals surface area contributed by atoms with Crippen molar-refractivity contribution in [3.8, 4) is 11.5 Å². The number of nitrogen functional groups attached to an aromatic ring is 1. The third-order valence-electron chi connectivity index (χ3n) is 1.73. The molecule has 0 bridgehead atoms.